The van der Waals surface area contributed by atoms with Crippen molar-refractivity contribution in [1.29, 1.82) is 0 Å². The van der Waals surface area contributed by atoms with Crippen LogP contribution in [-0.4, -0.2) is 24.4 Å². The predicted molar refractivity (Wildman–Crippen MR) is 136 cm³/mol. The Bertz CT molecular complexity index is 1510. The number of halogens is 1. The number of azo groups is 1. The molecule has 3 N–H and O–H groups in total. The molecule has 0 fully saturated rings. The van der Waals surface area contributed by atoms with Crippen LogP contribution in [0.4, 0.5) is 11.4 Å². The normalized spacial score (nSPS) is 11.8. The third kappa shape index (κ3) is 5.70. The summed E-state index contributed by atoms with van der Waals surface area (Å²) in [6.07, 6.45) is 1.32. The van der Waals surface area contributed by atoms with E-state index in [2.05, 4.69) is 19.9 Å². The highest BCUT2D eigenvalue weighted by atomic mass is 35.5. The largest absolute Gasteiger partial charge is 0.493 e. The van der Waals surface area contributed by atoms with E-state index in [0.717, 1.165) is 18.4 Å². The first kappa shape index (κ1) is 24.4. The Morgan fingerprint density at radius 3 is 2.57 bits per heavy atom. The van der Waals surface area contributed by atoms with Gasteiger partial charge in [-0.15, -0.1) is 10.2 Å². The van der Waals surface area contributed by atoms with Crippen LogP contribution in [0.1, 0.15) is 24.5 Å². The van der Waals surface area contributed by atoms with E-state index in [9.17, 15) is 18.3 Å². The molecule has 4 rings (SSSR count). The van der Waals surface area contributed by atoms with Gasteiger partial charge in [0.05, 0.1) is 16.8 Å². The van der Waals surface area contributed by atoms with Crippen LogP contribution in [0.2, 0.25) is 5.02 Å². The molecule has 0 aliphatic carbocycles. The summed E-state index contributed by atoms with van der Waals surface area (Å²) >= 11 is 5.89. The van der Waals surface area contributed by atoms with Gasteiger partial charge in [0.25, 0.3) is 15.9 Å². The average Bonchev–Trinajstić information content (AvgIpc) is 3.14. The van der Waals surface area contributed by atoms with E-state index in [1.165, 1.54) is 6.07 Å². The molecule has 0 spiro atoms. The van der Waals surface area contributed by atoms with Crippen molar-refractivity contribution in [3.05, 3.63) is 82.9 Å². The van der Waals surface area contributed by atoms with E-state index >= 15 is 0 Å². The molecule has 35 heavy (non-hydrogen) atoms. The molecule has 0 bridgehead atoms. The number of carbonyl (C=O) groups excluding carboxylic acids is 1. The Balaban J connectivity index is 1.62. The predicted octanol–water partition coefficient (Wildman–Crippen LogP) is 6.13. The second-order valence-corrected chi connectivity index (χ2v) is 10.0. The number of nitrogens with one attached hydrogen (secondary N) is 2. The van der Waals surface area contributed by atoms with Gasteiger partial charge in [0.15, 0.2) is 5.69 Å². The molecular formula is C25H23ClN4O4S. The van der Waals surface area contributed by atoms with Crippen molar-refractivity contribution in [1.82, 2.24) is 4.98 Å². The minimum Gasteiger partial charge on any atom is -0.493 e. The van der Waals surface area contributed by atoms with Gasteiger partial charge in [0.2, 0.25) is 5.88 Å². The SMILES string of the molecule is CCCc1ccc(S(=O)(=O)Nc2ccc(Cl)cc2)c(CC(=O)N=Nc2c(O)[nH]c3ccccc23)c1. The molecule has 0 saturated carbocycles. The number of hydrogen-bond acceptors (Lipinski definition) is 5. The van der Waals surface area contributed by atoms with Crippen LogP contribution >= 0.6 is 11.6 Å². The summed E-state index contributed by atoms with van der Waals surface area (Å²) in [5.41, 5.74) is 2.36. The first-order valence-electron chi connectivity index (χ1n) is 10.9. The number of benzene rings is 3. The van der Waals surface area contributed by atoms with Crippen molar-refractivity contribution in [2.75, 3.05) is 4.72 Å². The smallest absolute Gasteiger partial charge is 0.269 e. The number of anilines is 1. The van der Waals surface area contributed by atoms with Gasteiger partial charge < -0.3 is 10.1 Å². The van der Waals surface area contributed by atoms with Gasteiger partial charge in [-0.2, -0.15) is 0 Å². The fraction of sp³-hybridized carbons (Fsp3) is 0.160. The Kier molecular flexibility index (Phi) is 7.18. The number of nitrogens with zero attached hydrogens (tertiary/aromatic N) is 2. The minimum atomic E-state index is -3.99. The minimum absolute atomic E-state index is 0.0224. The summed E-state index contributed by atoms with van der Waals surface area (Å²) in [6, 6.07) is 18.3. The summed E-state index contributed by atoms with van der Waals surface area (Å²) in [7, 11) is -3.99. The van der Waals surface area contributed by atoms with Crippen molar-refractivity contribution in [2.45, 2.75) is 31.1 Å². The Hall–Kier alpha value is -3.69. The van der Waals surface area contributed by atoms with E-state index in [-0.39, 0.29) is 22.9 Å². The van der Waals surface area contributed by atoms with Crippen LogP contribution in [0.3, 0.4) is 0 Å². The molecule has 0 aliphatic rings. The third-order valence-electron chi connectivity index (χ3n) is 5.31. The second kappa shape index (κ2) is 10.3. The number of sulfonamides is 1. The molecule has 0 atom stereocenters. The van der Waals surface area contributed by atoms with Gasteiger partial charge in [0, 0.05) is 16.1 Å². The van der Waals surface area contributed by atoms with Crippen molar-refractivity contribution >= 4 is 49.8 Å². The topological polar surface area (TPSA) is 124 Å². The lowest BCUT2D eigenvalue weighted by Gasteiger charge is -2.13. The van der Waals surface area contributed by atoms with Gasteiger partial charge in [-0.3, -0.25) is 9.52 Å². The molecule has 0 saturated heterocycles. The molecule has 0 aliphatic heterocycles. The zero-order valence-corrected chi connectivity index (χ0v) is 20.4. The van der Waals surface area contributed by atoms with Crippen molar-refractivity contribution in [2.24, 2.45) is 10.2 Å². The van der Waals surface area contributed by atoms with E-state index in [1.54, 1.807) is 60.7 Å². The lowest BCUT2D eigenvalue weighted by atomic mass is 10.0. The number of aromatic nitrogens is 1. The lowest BCUT2D eigenvalue weighted by molar-refractivity contribution is -0.117. The summed E-state index contributed by atoms with van der Waals surface area (Å²) in [5.74, 6) is -0.852. The van der Waals surface area contributed by atoms with E-state index in [0.29, 0.717) is 27.2 Å². The summed E-state index contributed by atoms with van der Waals surface area (Å²) < 4.78 is 28.8. The number of aromatic amines is 1. The third-order valence-corrected chi connectivity index (χ3v) is 7.05. The zero-order chi connectivity index (χ0) is 25.0. The molecule has 1 amide bonds. The van der Waals surface area contributed by atoms with Crippen LogP contribution in [0.25, 0.3) is 10.9 Å². The first-order chi connectivity index (χ1) is 16.8. The number of fused-ring (bicyclic) bond motifs is 1. The quantitative estimate of drug-likeness (QED) is 0.246. The monoisotopic (exact) mass is 510 g/mol. The van der Waals surface area contributed by atoms with Crippen LogP contribution < -0.4 is 4.72 Å². The maximum absolute atomic E-state index is 13.1. The maximum Gasteiger partial charge on any atom is 0.269 e. The number of amides is 1. The average molecular weight is 511 g/mol. The fourth-order valence-corrected chi connectivity index (χ4v) is 5.13. The van der Waals surface area contributed by atoms with Crippen LogP contribution in [-0.2, 0) is 27.7 Å². The molecule has 10 heteroatoms. The number of H-pyrrole nitrogens is 1. The number of para-hydroxylation sites is 1. The zero-order valence-electron chi connectivity index (χ0n) is 18.8. The van der Waals surface area contributed by atoms with Crippen molar-refractivity contribution in [3.63, 3.8) is 0 Å². The molecule has 8 nitrogen and oxygen atoms in total. The highest BCUT2D eigenvalue weighted by Gasteiger charge is 2.21. The number of aryl methyl sites for hydroxylation is 1. The summed E-state index contributed by atoms with van der Waals surface area (Å²) in [4.78, 5) is 15.5. The number of rotatable bonds is 8. The van der Waals surface area contributed by atoms with Gasteiger partial charge in [-0.05, 0) is 53.9 Å². The Morgan fingerprint density at radius 1 is 1.09 bits per heavy atom. The molecule has 0 radical (unpaired) electrons. The van der Waals surface area contributed by atoms with E-state index < -0.39 is 15.9 Å². The van der Waals surface area contributed by atoms with E-state index in [1.807, 2.05) is 6.92 Å². The van der Waals surface area contributed by atoms with Gasteiger partial charge >= 0.3 is 0 Å². The van der Waals surface area contributed by atoms with E-state index in [4.69, 9.17) is 11.6 Å². The highest BCUT2D eigenvalue weighted by molar-refractivity contribution is 7.92. The van der Waals surface area contributed by atoms with Crippen LogP contribution in [0.5, 0.6) is 5.88 Å². The molecule has 4 aromatic rings. The second-order valence-electron chi connectivity index (χ2n) is 7.94. The Morgan fingerprint density at radius 2 is 1.83 bits per heavy atom. The first-order valence-corrected chi connectivity index (χ1v) is 12.8. The maximum atomic E-state index is 13.1. The molecule has 0 unspecified atom stereocenters. The molecular weight excluding hydrogens is 488 g/mol. The molecule has 3 aromatic carbocycles. The number of carbonyl (C=O) groups is 1. The van der Waals surface area contributed by atoms with Crippen LogP contribution in [0.15, 0.2) is 81.9 Å². The summed E-state index contributed by atoms with van der Waals surface area (Å²) in [5, 5.41) is 18.9. The highest BCUT2D eigenvalue weighted by Crippen LogP contribution is 2.35. The molecule has 1 aromatic heterocycles. The van der Waals surface area contributed by atoms with Crippen molar-refractivity contribution < 1.29 is 18.3 Å². The number of aromatic hydroxyl groups is 1. The Labute approximate surface area is 207 Å². The van der Waals surface area contributed by atoms with Gasteiger partial charge in [-0.25, -0.2) is 8.42 Å². The van der Waals surface area contributed by atoms with Gasteiger partial charge in [0.1, 0.15) is 0 Å². The number of hydrogen-bond donors (Lipinski definition) is 3. The van der Waals surface area contributed by atoms with Crippen LogP contribution in [0, 0.1) is 0 Å². The lowest BCUT2D eigenvalue weighted by Crippen LogP contribution is -2.16. The van der Waals surface area contributed by atoms with Gasteiger partial charge in [-0.1, -0.05) is 55.3 Å². The molecule has 1 heterocycles. The molecule has 180 valence electrons. The van der Waals surface area contributed by atoms with Crippen molar-refractivity contribution in [3.8, 4) is 5.88 Å². The summed E-state index contributed by atoms with van der Waals surface area (Å²) in [6.45, 7) is 2.01. The fourth-order valence-electron chi connectivity index (χ4n) is 3.72. The standard InChI is InChI=1S/C25H23ClN4O4S/c1-2-5-16-8-13-22(35(33,34)30-19-11-9-18(26)10-12-19)17(14-16)15-23(31)28-29-24-20-6-3-4-7-21(20)27-25(24)32/h3-4,6-14,27,30,32H,2,5,15H2,1H3.